The minimum atomic E-state index is 0.0700. The zero-order valence-electron chi connectivity index (χ0n) is 5.12. The van der Waals surface area contributed by atoms with Gasteiger partial charge in [0.2, 0.25) is 0 Å². The molecule has 10 heavy (non-hydrogen) atoms. The highest BCUT2D eigenvalue weighted by Gasteiger charge is 1.93. The largest absolute Gasteiger partial charge is 0.259 e. The van der Waals surface area contributed by atoms with E-state index in [0.717, 1.165) is 0 Å². The lowest BCUT2D eigenvalue weighted by Crippen LogP contribution is -1.90. The number of hydrogen-bond acceptors (Lipinski definition) is 3. The van der Waals surface area contributed by atoms with Gasteiger partial charge in [-0.1, -0.05) is 11.6 Å². The summed E-state index contributed by atoms with van der Waals surface area (Å²) in [5, 5.41) is 8.61. The monoisotopic (exact) mass is 159 g/mol. The Bertz CT molecular complexity index is 217. The van der Waals surface area contributed by atoms with Gasteiger partial charge < -0.3 is 0 Å². The lowest BCUT2D eigenvalue weighted by atomic mass is 10.4. The standard InChI is InChI=1S/C6H6ClNO2/c7-5-1-2-8-6(3-5)4-10-9/h1-3,9H,4H2. The maximum atomic E-state index is 8.03. The maximum absolute atomic E-state index is 8.03. The second kappa shape index (κ2) is 3.51. The van der Waals surface area contributed by atoms with Gasteiger partial charge in [-0.05, 0) is 12.1 Å². The molecule has 4 heteroatoms. The molecule has 0 aliphatic rings. The fraction of sp³-hybridized carbons (Fsp3) is 0.167. The Morgan fingerprint density at radius 2 is 2.50 bits per heavy atom. The summed E-state index contributed by atoms with van der Waals surface area (Å²) in [7, 11) is 0. The number of pyridine rings is 1. The van der Waals surface area contributed by atoms with Crippen LogP contribution >= 0.6 is 11.6 Å². The smallest absolute Gasteiger partial charge is 0.124 e. The van der Waals surface area contributed by atoms with Crippen LogP contribution in [0.1, 0.15) is 5.69 Å². The van der Waals surface area contributed by atoms with Crippen molar-refractivity contribution in [3.8, 4) is 0 Å². The molecule has 0 saturated carbocycles. The van der Waals surface area contributed by atoms with Crippen LogP contribution in [0.4, 0.5) is 0 Å². The van der Waals surface area contributed by atoms with Gasteiger partial charge in [0.15, 0.2) is 0 Å². The van der Waals surface area contributed by atoms with Gasteiger partial charge in [-0.3, -0.25) is 10.2 Å². The lowest BCUT2D eigenvalue weighted by Gasteiger charge is -1.95. The summed E-state index contributed by atoms with van der Waals surface area (Å²) in [5.41, 5.74) is 0.606. The van der Waals surface area contributed by atoms with E-state index >= 15 is 0 Å². The van der Waals surface area contributed by atoms with Gasteiger partial charge in [-0.25, -0.2) is 4.89 Å². The molecule has 0 amide bonds. The number of nitrogens with zero attached hydrogens (tertiary/aromatic N) is 1. The predicted octanol–water partition coefficient (Wildman–Crippen LogP) is 1.72. The average Bonchev–Trinajstić information content (AvgIpc) is 1.88. The molecule has 1 N–H and O–H groups in total. The number of aromatic nitrogens is 1. The van der Waals surface area contributed by atoms with Gasteiger partial charge >= 0.3 is 0 Å². The highest BCUT2D eigenvalue weighted by atomic mass is 35.5. The maximum Gasteiger partial charge on any atom is 0.124 e. The quantitative estimate of drug-likeness (QED) is 0.528. The molecule has 1 aromatic rings. The Balaban J connectivity index is 2.75. The molecule has 1 heterocycles. The second-order valence-corrected chi connectivity index (χ2v) is 2.18. The van der Waals surface area contributed by atoms with E-state index in [0.29, 0.717) is 10.7 Å². The number of halogens is 1. The molecule has 1 aromatic heterocycles. The highest BCUT2D eigenvalue weighted by molar-refractivity contribution is 6.30. The van der Waals surface area contributed by atoms with Gasteiger partial charge in [0.05, 0.1) is 5.69 Å². The van der Waals surface area contributed by atoms with Crippen molar-refractivity contribution in [1.82, 2.24) is 4.98 Å². The molecule has 0 unspecified atom stereocenters. The zero-order valence-corrected chi connectivity index (χ0v) is 5.88. The van der Waals surface area contributed by atoms with Gasteiger partial charge in [0.1, 0.15) is 6.61 Å². The molecule has 0 bridgehead atoms. The fourth-order valence-corrected chi connectivity index (χ4v) is 0.776. The van der Waals surface area contributed by atoms with Crippen LogP contribution in [-0.4, -0.2) is 10.2 Å². The van der Waals surface area contributed by atoms with Gasteiger partial charge in [0.25, 0.3) is 0 Å². The van der Waals surface area contributed by atoms with Crippen LogP contribution in [0.2, 0.25) is 5.02 Å². The summed E-state index contributed by atoms with van der Waals surface area (Å²) in [6.45, 7) is 0.0700. The van der Waals surface area contributed by atoms with Crippen LogP contribution in [-0.2, 0) is 11.5 Å². The van der Waals surface area contributed by atoms with Gasteiger partial charge in [-0.2, -0.15) is 0 Å². The molecular weight excluding hydrogens is 154 g/mol. The first kappa shape index (κ1) is 7.47. The number of hydrogen-bond donors (Lipinski definition) is 1. The van der Waals surface area contributed by atoms with E-state index in [-0.39, 0.29) is 6.61 Å². The zero-order chi connectivity index (χ0) is 7.40. The molecule has 0 aromatic carbocycles. The van der Waals surface area contributed by atoms with E-state index in [2.05, 4.69) is 9.87 Å². The first-order valence-corrected chi connectivity index (χ1v) is 3.07. The summed E-state index contributed by atoms with van der Waals surface area (Å²) in [5.74, 6) is 0. The van der Waals surface area contributed by atoms with Gasteiger partial charge in [-0.15, -0.1) is 0 Å². The Labute approximate surface area is 63.2 Å². The first-order chi connectivity index (χ1) is 4.83. The van der Waals surface area contributed by atoms with Crippen LogP contribution in [0.5, 0.6) is 0 Å². The molecule has 1 rings (SSSR count). The van der Waals surface area contributed by atoms with E-state index < -0.39 is 0 Å². The Hall–Kier alpha value is -0.640. The predicted molar refractivity (Wildman–Crippen MR) is 36.7 cm³/mol. The van der Waals surface area contributed by atoms with E-state index in [1.165, 1.54) is 0 Å². The fourth-order valence-electron chi connectivity index (χ4n) is 0.594. The molecule has 54 valence electrons. The molecule has 0 atom stereocenters. The van der Waals surface area contributed by atoms with Crippen LogP contribution in [0.25, 0.3) is 0 Å². The highest BCUT2D eigenvalue weighted by Crippen LogP contribution is 2.07. The lowest BCUT2D eigenvalue weighted by molar-refractivity contribution is -0.253. The number of rotatable bonds is 2. The third kappa shape index (κ3) is 1.95. The van der Waals surface area contributed by atoms with Crippen molar-refractivity contribution in [3.05, 3.63) is 29.0 Å². The van der Waals surface area contributed by atoms with E-state index in [1.807, 2.05) is 0 Å². The summed E-state index contributed by atoms with van der Waals surface area (Å²) in [6, 6.07) is 3.28. The van der Waals surface area contributed by atoms with Crippen molar-refractivity contribution >= 4 is 11.6 Å². The second-order valence-electron chi connectivity index (χ2n) is 1.74. The normalized spacial score (nSPS) is 9.80. The van der Waals surface area contributed by atoms with Gasteiger partial charge in [0, 0.05) is 11.2 Å². The van der Waals surface area contributed by atoms with Crippen LogP contribution in [0.15, 0.2) is 18.3 Å². The first-order valence-electron chi connectivity index (χ1n) is 2.69. The molecule has 3 nitrogen and oxygen atoms in total. The minimum absolute atomic E-state index is 0.0700. The molecule has 0 spiro atoms. The summed E-state index contributed by atoms with van der Waals surface area (Å²) in [4.78, 5) is 7.72. The van der Waals surface area contributed by atoms with E-state index in [9.17, 15) is 0 Å². The van der Waals surface area contributed by atoms with Crippen LogP contribution in [0, 0.1) is 0 Å². The van der Waals surface area contributed by atoms with E-state index in [1.54, 1.807) is 18.3 Å². The van der Waals surface area contributed by atoms with Crippen molar-refractivity contribution in [2.24, 2.45) is 0 Å². The Morgan fingerprint density at radius 3 is 3.10 bits per heavy atom. The minimum Gasteiger partial charge on any atom is -0.259 e. The molecule has 0 aliphatic carbocycles. The Kier molecular flexibility index (Phi) is 2.62. The van der Waals surface area contributed by atoms with E-state index in [4.69, 9.17) is 16.9 Å². The Morgan fingerprint density at radius 1 is 1.70 bits per heavy atom. The third-order valence-corrected chi connectivity index (χ3v) is 1.23. The molecule has 0 fully saturated rings. The van der Waals surface area contributed by atoms with Crippen LogP contribution in [0.3, 0.4) is 0 Å². The van der Waals surface area contributed by atoms with Crippen molar-refractivity contribution in [2.75, 3.05) is 0 Å². The topological polar surface area (TPSA) is 42.4 Å². The molecule has 0 saturated heterocycles. The average molecular weight is 160 g/mol. The summed E-state index contributed by atoms with van der Waals surface area (Å²) in [6.07, 6.45) is 1.55. The molecular formula is C6H6ClNO2. The van der Waals surface area contributed by atoms with Crippen molar-refractivity contribution in [3.63, 3.8) is 0 Å². The summed E-state index contributed by atoms with van der Waals surface area (Å²) >= 11 is 5.60. The SMILES string of the molecule is OOCc1cc(Cl)ccn1. The summed E-state index contributed by atoms with van der Waals surface area (Å²) < 4.78 is 0. The van der Waals surface area contributed by atoms with Crippen molar-refractivity contribution in [1.29, 1.82) is 0 Å². The van der Waals surface area contributed by atoms with Crippen molar-refractivity contribution in [2.45, 2.75) is 6.61 Å². The third-order valence-electron chi connectivity index (χ3n) is 0.991. The molecule has 0 aliphatic heterocycles. The molecule has 0 radical (unpaired) electrons. The van der Waals surface area contributed by atoms with Crippen molar-refractivity contribution < 1.29 is 10.1 Å². The van der Waals surface area contributed by atoms with Crippen LogP contribution < -0.4 is 0 Å².